The zero-order valence-corrected chi connectivity index (χ0v) is 17.9. The number of nitrogens with one attached hydrogen (secondary N) is 1. The summed E-state index contributed by atoms with van der Waals surface area (Å²) in [5.41, 5.74) is 2.67. The van der Waals surface area contributed by atoms with Gasteiger partial charge < -0.3 is 19.7 Å². The van der Waals surface area contributed by atoms with Crippen molar-refractivity contribution >= 4 is 18.1 Å². The molecule has 1 aromatic carbocycles. The van der Waals surface area contributed by atoms with Crippen molar-refractivity contribution in [3.05, 3.63) is 59.4 Å². The van der Waals surface area contributed by atoms with Crippen molar-refractivity contribution in [3.63, 3.8) is 0 Å². The summed E-state index contributed by atoms with van der Waals surface area (Å²) >= 11 is 0. The van der Waals surface area contributed by atoms with Crippen LogP contribution < -0.4 is 10.2 Å². The van der Waals surface area contributed by atoms with Gasteiger partial charge in [0.1, 0.15) is 5.60 Å². The number of nitrogens with zero attached hydrogens (tertiary/aromatic N) is 3. The van der Waals surface area contributed by atoms with Crippen molar-refractivity contribution in [1.82, 2.24) is 15.3 Å². The van der Waals surface area contributed by atoms with Crippen LogP contribution in [0.5, 0.6) is 0 Å². The molecule has 0 aliphatic carbocycles. The number of morpholine rings is 1. The largest absolute Gasteiger partial charge is 0.444 e. The van der Waals surface area contributed by atoms with Crippen molar-refractivity contribution in [3.8, 4) is 0 Å². The van der Waals surface area contributed by atoms with E-state index in [1.54, 1.807) is 0 Å². The molecule has 0 saturated carbocycles. The Bertz CT molecular complexity index is 853. The fraction of sp³-hybridized carbons (Fsp3) is 0.435. The van der Waals surface area contributed by atoms with Gasteiger partial charge >= 0.3 is 6.09 Å². The molecule has 30 heavy (non-hydrogen) atoms. The van der Waals surface area contributed by atoms with E-state index in [4.69, 9.17) is 9.47 Å². The third-order valence-electron chi connectivity index (χ3n) is 4.44. The minimum absolute atomic E-state index is 0.409. The molecular weight excluding hydrogens is 380 g/mol. The second kappa shape index (κ2) is 10.2. The first-order valence-electron chi connectivity index (χ1n) is 10.2. The van der Waals surface area contributed by atoms with E-state index in [0.717, 1.165) is 49.8 Å². The summed E-state index contributed by atoms with van der Waals surface area (Å²) in [6, 6.07) is 8.14. The number of hydrogen-bond acceptors (Lipinski definition) is 6. The van der Waals surface area contributed by atoms with Crippen molar-refractivity contribution in [2.75, 3.05) is 31.2 Å². The fourth-order valence-electron chi connectivity index (χ4n) is 3.03. The van der Waals surface area contributed by atoms with Crippen LogP contribution >= 0.6 is 0 Å². The molecule has 160 valence electrons. The standard InChI is InChI=1S/C23H30N4O3/c1-23(2,3)30-22(28)26-15-19-8-4-6-18(14-19)7-5-9-20-16-24-21(25-17-20)27-10-12-29-13-11-27/h4-6,8-9,14,16-17H,7,10-13,15H2,1-3H3,(H,26,28). The Kier molecular flexibility index (Phi) is 7.41. The molecule has 3 rings (SSSR count). The van der Waals surface area contributed by atoms with Crippen LogP contribution in [0.3, 0.4) is 0 Å². The van der Waals surface area contributed by atoms with E-state index in [9.17, 15) is 4.79 Å². The van der Waals surface area contributed by atoms with E-state index in [1.807, 2.05) is 51.4 Å². The van der Waals surface area contributed by atoms with Gasteiger partial charge in [0.15, 0.2) is 0 Å². The highest BCUT2D eigenvalue weighted by atomic mass is 16.6. The lowest BCUT2D eigenvalue weighted by Crippen LogP contribution is -2.37. The van der Waals surface area contributed by atoms with Gasteiger partial charge in [-0.2, -0.15) is 0 Å². The fourth-order valence-corrected chi connectivity index (χ4v) is 3.03. The predicted octanol–water partition coefficient (Wildman–Crippen LogP) is 3.59. The molecule has 2 aromatic rings. The van der Waals surface area contributed by atoms with E-state index in [1.165, 1.54) is 5.56 Å². The number of rotatable bonds is 6. The summed E-state index contributed by atoms with van der Waals surface area (Å²) < 4.78 is 10.6. The highest BCUT2D eigenvalue weighted by Crippen LogP contribution is 2.12. The lowest BCUT2D eigenvalue weighted by molar-refractivity contribution is 0.0523. The van der Waals surface area contributed by atoms with Crippen molar-refractivity contribution in [2.45, 2.75) is 39.3 Å². The minimum Gasteiger partial charge on any atom is -0.444 e. The molecule has 0 spiro atoms. The van der Waals surface area contributed by atoms with Gasteiger partial charge in [0.2, 0.25) is 5.95 Å². The summed E-state index contributed by atoms with van der Waals surface area (Å²) in [6.07, 6.45) is 8.17. The Morgan fingerprint density at radius 1 is 1.20 bits per heavy atom. The zero-order valence-electron chi connectivity index (χ0n) is 17.9. The Morgan fingerprint density at radius 3 is 2.60 bits per heavy atom. The number of benzene rings is 1. The monoisotopic (exact) mass is 410 g/mol. The van der Waals surface area contributed by atoms with Gasteiger partial charge in [-0.25, -0.2) is 14.8 Å². The molecule has 2 heterocycles. The molecule has 7 nitrogen and oxygen atoms in total. The van der Waals surface area contributed by atoms with E-state index in [0.29, 0.717) is 6.54 Å². The van der Waals surface area contributed by atoms with Crippen LogP contribution in [0.25, 0.3) is 6.08 Å². The van der Waals surface area contributed by atoms with Crippen LogP contribution in [-0.2, 0) is 22.4 Å². The molecule has 7 heteroatoms. The maximum atomic E-state index is 11.8. The number of ether oxygens (including phenoxy) is 2. The van der Waals surface area contributed by atoms with E-state index in [-0.39, 0.29) is 0 Å². The van der Waals surface area contributed by atoms with Crippen molar-refractivity contribution in [1.29, 1.82) is 0 Å². The highest BCUT2D eigenvalue weighted by molar-refractivity contribution is 5.67. The SMILES string of the molecule is CC(C)(C)OC(=O)NCc1cccc(CC=Cc2cnc(N3CCOCC3)nc2)c1. The van der Waals surface area contributed by atoms with Crippen molar-refractivity contribution < 1.29 is 14.3 Å². The number of hydrogen-bond donors (Lipinski definition) is 1. The second-order valence-corrected chi connectivity index (χ2v) is 8.20. The maximum absolute atomic E-state index is 11.8. The summed E-state index contributed by atoms with van der Waals surface area (Å²) in [5.74, 6) is 0.751. The van der Waals surface area contributed by atoms with Gasteiger partial charge in [-0.1, -0.05) is 36.4 Å². The van der Waals surface area contributed by atoms with Crippen LogP contribution in [0, 0.1) is 0 Å². The lowest BCUT2D eigenvalue weighted by atomic mass is 10.1. The molecule has 0 radical (unpaired) electrons. The molecule has 1 aliphatic heterocycles. The average molecular weight is 411 g/mol. The Labute approximate surface area is 178 Å². The first-order valence-corrected chi connectivity index (χ1v) is 10.2. The van der Waals surface area contributed by atoms with Crippen LogP contribution in [0.1, 0.15) is 37.5 Å². The number of anilines is 1. The predicted molar refractivity (Wildman–Crippen MR) is 117 cm³/mol. The number of aromatic nitrogens is 2. The van der Waals surface area contributed by atoms with Gasteiger partial charge in [-0.15, -0.1) is 0 Å². The molecule has 1 N–H and O–H groups in total. The quantitative estimate of drug-likeness (QED) is 0.784. The number of alkyl carbamates (subject to hydrolysis) is 1. The summed E-state index contributed by atoms with van der Waals surface area (Å²) in [5, 5.41) is 2.79. The smallest absolute Gasteiger partial charge is 0.407 e. The first kappa shape index (κ1) is 21.8. The number of carbonyl (C=O) groups is 1. The molecule has 0 atom stereocenters. The molecule has 1 amide bonds. The van der Waals surface area contributed by atoms with Gasteiger partial charge in [0, 0.05) is 37.6 Å². The summed E-state index contributed by atoms with van der Waals surface area (Å²) in [6.45, 7) is 9.07. The van der Waals surface area contributed by atoms with Gasteiger partial charge in [0.05, 0.1) is 13.2 Å². The highest BCUT2D eigenvalue weighted by Gasteiger charge is 2.15. The molecule has 1 aliphatic rings. The molecular formula is C23H30N4O3. The summed E-state index contributed by atoms with van der Waals surface area (Å²) in [7, 11) is 0. The molecule has 1 aromatic heterocycles. The van der Waals surface area contributed by atoms with Crippen LogP contribution in [0.2, 0.25) is 0 Å². The Balaban J connectivity index is 1.50. The Morgan fingerprint density at radius 2 is 1.90 bits per heavy atom. The average Bonchev–Trinajstić information content (AvgIpc) is 2.73. The number of carbonyl (C=O) groups excluding carboxylic acids is 1. The van der Waals surface area contributed by atoms with E-state index in [2.05, 4.69) is 38.4 Å². The molecule has 0 unspecified atom stereocenters. The van der Waals surface area contributed by atoms with Crippen LogP contribution in [0.15, 0.2) is 42.7 Å². The van der Waals surface area contributed by atoms with E-state index >= 15 is 0 Å². The molecule has 1 fully saturated rings. The maximum Gasteiger partial charge on any atom is 0.407 e. The summed E-state index contributed by atoms with van der Waals surface area (Å²) in [4.78, 5) is 22.9. The Hall–Kier alpha value is -2.93. The number of allylic oxidation sites excluding steroid dienone is 1. The molecule has 1 saturated heterocycles. The van der Waals surface area contributed by atoms with Gasteiger partial charge in [-0.3, -0.25) is 0 Å². The zero-order chi connectivity index (χ0) is 21.4. The minimum atomic E-state index is -0.499. The van der Waals surface area contributed by atoms with E-state index < -0.39 is 11.7 Å². The normalized spacial score (nSPS) is 14.7. The first-order chi connectivity index (χ1) is 14.4. The van der Waals surface area contributed by atoms with Crippen molar-refractivity contribution in [2.24, 2.45) is 0 Å². The molecule has 0 bridgehead atoms. The number of amides is 1. The lowest BCUT2D eigenvalue weighted by Gasteiger charge is -2.26. The van der Waals surface area contributed by atoms with Gasteiger partial charge in [0.25, 0.3) is 0 Å². The third-order valence-corrected chi connectivity index (χ3v) is 4.44. The second-order valence-electron chi connectivity index (χ2n) is 8.20. The van der Waals surface area contributed by atoms with Gasteiger partial charge in [-0.05, 0) is 38.3 Å². The van der Waals surface area contributed by atoms with Crippen LogP contribution in [0.4, 0.5) is 10.7 Å². The van der Waals surface area contributed by atoms with Crippen LogP contribution in [-0.4, -0.2) is 48.0 Å². The third kappa shape index (κ3) is 7.15. The topological polar surface area (TPSA) is 76.6 Å².